The van der Waals surface area contributed by atoms with E-state index >= 15 is 0 Å². The van der Waals surface area contributed by atoms with Crippen molar-refractivity contribution in [3.8, 4) is 5.75 Å². The summed E-state index contributed by atoms with van der Waals surface area (Å²) in [5.74, 6) is 0.361. The smallest absolute Gasteiger partial charge is 0.248 e. The van der Waals surface area contributed by atoms with Gasteiger partial charge in [0.15, 0.2) is 0 Å². The minimum atomic E-state index is -0.948. The molecule has 138 valence electrons. The molecule has 3 rings (SSSR count). The van der Waals surface area contributed by atoms with Crippen LogP contribution in [0.5, 0.6) is 5.75 Å². The van der Waals surface area contributed by atoms with Gasteiger partial charge in [-0.15, -0.1) is 0 Å². The lowest BCUT2D eigenvalue weighted by molar-refractivity contribution is -0.0254. The van der Waals surface area contributed by atoms with Gasteiger partial charge in [-0.05, 0) is 61.7 Å². The molecule has 1 aliphatic heterocycles. The number of hydrogen-bond acceptors (Lipinski definition) is 4. The molecule has 5 heteroatoms. The summed E-state index contributed by atoms with van der Waals surface area (Å²) in [6, 6.07) is 15.0. The molecule has 0 aromatic heterocycles. The molecule has 1 heterocycles. The Bertz CT molecular complexity index is 754. The zero-order valence-electron chi connectivity index (χ0n) is 15.3. The van der Waals surface area contributed by atoms with Crippen LogP contribution in [0.25, 0.3) is 0 Å². The SMILES string of the molecule is COc1ccc(C(C)(O)C2CCCN2Cc2ccc(C(N)=O)cc2)cc1. The molecule has 2 aromatic carbocycles. The van der Waals surface area contributed by atoms with Crippen molar-refractivity contribution in [3.05, 3.63) is 65.2 Å². The van der Waals surface area contributed by atoms with E-state index in [1.807, 2.05) is 43.3 Å². The Balaban J connectivity index is 1.76. The molecule has 2 unspecified atom stereocenters. The van der Waals surface area contributed by atoms with E-state index in [0.717, 1.165) is 42.8 Å². The Morgan fingerprint density at radius 1 is 1.23 bits per heavy atom. The van der Waals surface area contributed by atoms with E-state index in [1.165, 1.54) is 0 Å². The van der Waals surface area contributed by atoms with Crippen LogP contribution in [0.1, 0.15) is 41.3 Å². The topological polar surface area (TPSA) is 75.8 Å². The highest BCUT2D eigenvalue weighted by molar-refractivity contribution is 5.92. The average molecular weight is 354 g/mol. The van der Waals surface area contributed by atoms with Crippen LogP contribution in [0.4, 0.5) is 0 Å². The van der Waals surface area contributed by atoms with E-state index in [-0.39, 0.29) is 6.04 Å². The lowest BCUT2D eigenvalue weighted by atomic mass is 9.86. The predicted octanol–water partition coefficient (Wildman–Crippen LogP) is 2.67. The largest absolute Gasteiger partial charge is 0.497 e. The molecule has 26 heavy (non-hydrogen) atoms. The van der Waals surface area contributed by atoms with Gasteiger partial charge in [0.05, 0.1) is 7.11 Å². The zero-order valence-corrected chi connectivity index (χ0v) is 15.3. The van der Waals surface area contributed by atoms with Crippen molar-refractivity contribution in [3.63, 3.8) is 0 Å². The van der Waals surface area contributed by atoms with Crippen molar-refractivity contribution in [2.45, 2.75) is 38.0 Å². The Hall–Kier alpha value is -2.37. The molecule has 1 aliphatic rings. The average Bonchev–Trinajstić information content (AvgIpc) is 3.11. The number of benzene rings is 2. The maximum Gasteiger partial charge on any atom is 0.248 e. The van der Waals surface area contributed by atoms with Gasteiger partial charge in [-0.3, -0.25) is 9.69 Å². The van der Waals surface area contributed by atoms with Crippen molar-refractivity contribution in [1.29, 1.82) is 0 Å². The van der Waals surface area contributed by atoms with Gasteiger partial charge in [0, 0.05) is 18.2 Å². The number of carbonyl (C=O) groups is 1. The van der Waals surface area contributed by atoms with Gasteiger partial charge in [0.25, 0.3) is 0 Å². The second-order valence-corrected chi connectivity index (χ2v) is 7.07. The number of aliphatic hydroxyl groups is 1. The third kappa shape index (κ3) is 3.74. The summed E-state index contributed by atoms with van der Waals surface area (Å²) in [6.07, 6.45) is 1.99. The molecule has 1 saturated heterocycles. The number of carbonyl (C=O) groups excluding carboxylic acids is 1. The van der Waals surface area contributed by atoms with Gasteiger partial charge in [0.2, 0.25) is 5.91 Å². The number of hydrogen-bond donors (Lipinski definition) is 2. The summed E-state index contributed by atoms with van der Waals surface area (Å²) in [5, 5.41) is 11.3. The van der Waals surface area contributed by atoms with Gasteiger partial charge < -0.3 is 15.6 Å². The van der Waals surface area contributed by atoms with E-state index in [4.69, 9.17) is 10.5 Å². The van der Waals surface area contributed by atoms with Crippen molar-refractivity contribution >= 4 is 5.91 Å². The van der Waals surface area contributed by atoms with Crippen LogP contribution in [0.15, 0.2) is 48.5 Å². The van der Waals surface area contributed by atoms with Crippen LogP contribution in [0.3, 0.4) is 0 Å². The molecular formula is C21H26N2O3. The minimum absolute atomic E-state index is 0.0340. The van der Waals surface area contributed by atoms with Crippen molar-refractivity contribution in [1.82, 2.24) is 4.90 Å². The van der Waals surface area contributed by atoms with Crippen molar-refractivity contribution in [2.75, 3.05) is 13.7 Å². The molecule has 0 spiro atoms. The number of rotatable bonds is 6. The van der Waals surface area contributed by atoms with Crippen LogP contribution in [-0.2, 0) is 12.1 Å². The summed E-state index contributed by atoms with van der Waals surface area (Å²) in [7, 11) is 1.63. The van der Waals surface area contributed by atoms with Crippen LogP contribution >= 0.6 is 0 Å². The zero-order chi connectivity index (χ0) is 18.7. The molecule has 0 saturated carbocycles. The lowest BCUT2D eigenvalue weighted by Gasteiger charge is -2.37. The fourth-order valence-corrected chi connectivity index (χ4v) is 3.78. The first-order valence-corrected chi connectivity index (χ1v) is 8.91. The van der Waals surface area contributed by atoms with E-state index < -0.39 is 11.5 Å². The molecule has 2 aromatic rings. The Morgan fingerprint density at radius 2 is 1.88 bits per heavy atom. The standard InChI is InChI=1S/C21H26N2O3/c1-21(25,17-9-11-18(26-2)12-10-17)19-4-3-13-23(19)14-15-5-7-16(8-6-15)20(22)24/h5-12,19,25H,3-4,13-14H2,1-2H3,(H2,22,24). The first kappa shape index (κ1) is 18.4. The Kier molecular flexibility index (Phi) is 5.30. The van der Waals surface area contributed by atoms with E-state index in [9.17, 15) is 9.90 Å². The quantitative estimate of drug-likeness (QED) is 0.836. The first-order valence-electron chi connectivity index (χ1n) is 8.91. The fraction of sp³-hybridized carbons (Fsp3) is 0.381. The number of methoxy groups -OCH3 is 1. The number of ether oxygens (including phenoxy) is 1. The Morgan fingerprint density at radius 3 is 2.46 bits per heavy atom. The highest BCUT2D eigenvalue weighted by Gasteiger charge is 2.40. The number of nitrogens with zero attached hydrogens (tertiary/aromatic N) is 1. The summed E-state index contributed by atoms with van der Waals surface area (Å²) in [4.78, 5) is 13.5. The highest BCUT2D eigenvalue weighted by Crippen LogP contribution is 2.36. The summed E-state index contributed by atoms with van der Waals surface area (Å²) in [6.45, 7) is 3.55. The van der Waals surface area contributed by atoms with Crippen LogP contribution in [0.2, 0.25) is 0 Å². The van der Waals surface area contributed by atoms with E-state index in [1.54, 1.807) is 19.2 Å². The maximum atomic E-state index is 11.3. The molecular weight excluding hydrogens is 328 g/mol. The second kappa shape index (κ2) is 7.48. The normalized spacial score (nSPS) is 19.9. The van der Waals surface area contributed by atoms with Gasteiger partial charge in [-0.1, -0.05) is 24.3 Å². The molecule has 0 bridgehead atoms. The summed E-state index contributed by atoms with van der Waals surface area (Å²) >= 11 is 0. The molecule has 5 nitrogen and oxygen atoms in total. The number of nitrogens with two attached hydrogens (primary N) is 1. The fourth-order valence-electron chi connectivity index (χ4n) is 3.78. The maximum absolute atomic E-state index is 11.3. The van der Waals surface area contributed by atoms with Crippen molar-refractivity contribution < 1.29 is 14.6 Å². The third-order valence-corrected chi connectivity index (χ3v) is 5.31. The lowest BCUT2D eigenvalue weighted by Crippen LogP contribution is -2.45. The Labute approximate surface area is 154 Å². The van der Waals surface area contributed by atoms with Gasteiger partial charge in [0.1, 0.15) is 11.4 Å². The molecule has 1 amide bonds. The summed E-state index contributed by atoms with van der Waals surface area (Å²) < 4.78 is 5.21. The molecule has 2 atom stereocenters. The highest BCUT2D eigenvalue weighted by atomic mass is 16.5. The van der Waals surface area contributed by atoms with Gasteiger partial charge in [-0.25, -0.2) is 0 Å². The van der Waals surface area contributed by atoms with Gasteiger partial charge >= 0.3 is 0 Å². The van der Waals surface area contributed by atoms with Crippen molar-refractivity contribution in [2.24, 2.45) is 5.73 Å². The van der Waals surface area contributed by atoms with Crippen LogP contribution in [-0.4, -0.2) is 35.6 Å². The number of amides is 1. The number of likely N-dealkylation sites (tertiary alicyclic amines) is 1. The summed E-state index contributed by atoms with van der Waals surface area (Å²) in [5.41, 5.74) is 6.86. The number of primary amides is 1. The molecule has 3 N–H and O–H groups in total. The van der Waals surface area contributed by atoms with E-state index in [0.29, 0.717) is 5.56 Å². The molecule has 0 aliphatic carbocycles. The van der Waals surface area contributed by atoms with Gasteiger partial charge in [-0.2, -0.15) is 0 Å². The molecule has 0 radical (unpaired) electrons. The predicted molar refractivity (Wildman–Crippen MR) is 101 cm³/mol. The van der Waals surface area contributed by atoms with E-state index in [2.05, 4.69) is 4.90 Å². The van der Waals surface area contributed by atoms with Crippen LogP contribution < -0.4 is 10.5 Å². The first-order chi connectivity index (χ1) is 12.4. The van der Waals surface area contributed by atoms with Crippen LogP contribution in [0, 0.1) is 0 Å². The monoisotopic (exact) mass is 354 g/mol. The molecule has 1 fully saturated rings. The third-order valence-electron chi connectivity index (χ3n) is 5.31. The minimum Gasteiger partial charge on any atom is -0.497 e. The second-order valence-electron chi connectivity index (χ2n) is 7.07.